The van der Waals surface area contributed by atoms with Gasteiger partial charge in [0.1, 0.15) is 0 Å². The maximum Gasteiger partial charge on any atom is 0.161 e. The predicted octanol–water partition coefficient (Wildman–Crippen LogP) is 3.56. The van der Waals surface area contributed by atoms with Crippen LogP contribution in [0.25, 0.3) is 0 Å². The van der Waals surface area contributed by atoms with Crippen LogP contribution in [-0.2, 0) is 2.14 Å². The van der Waals surface area contributed by atoms with Crippen molar-refractivity contribution < 1.29 is 0 Å². The molecule has 0 fully saturated rings. The number of alkyl halides is 3. The lowest BCUT2D eigenvalue weighted by Gasteiger charge is -2.14. The average molecular weight is 344 g/mol. The lowest BCUT2D eigenvalue weighted by atomic mass is 10.2. The van der Waals surface area contributed by atoms with Crippen LogP contribution in [0.2, 0.25) is 0 Å². The number of rotatable bonds is 0. The van der Waals surface area contributed by atoms with E-state index in [1.165, 1.54) is 0 Å². The van der Waals surface area contributed by atoms with Gasteiger partial charge in [0.05, 0.1) is 0 Å². The van der Waals surface area contributed by atoms with Crippen molar-refractivity contribution in [2.75, 3.05) is 5.73 Å². The van der Waals surface area contributed by atoms with Crippen LogP contribution in [0.4, 0.5) is 5.69 Å². The first-order valence-electron chi connectivity index (χ1n) is 2.93. The smallest absolute Gasteiger partial charge is 0.161 e. The summed E-state index contributed by atoms with van der Waals surface area (Å²) in [5.74, 6) is 0. The van der Waals surface area contributed by atoms with E-state index in [0.29, 0.717) is 0 Å². The van der Waals surface area contributed by atoms with Crippen molar-refractivity contribution in [2.45, 2.75) is 2.14 Å². The molecule has 60 valence electrons. The van der Waals surface area contributed by atoms with E-state index >= 15 is 0 Å². The Balaban J connectivity index is 3.14. The second-order valence-corrected chi connectivity index (χ2v) is 8.85. The summed E-state index contributed by atoms with van der Waals surface area (Å²) in [5, 5.41) is 0. The number of nitrogens with two attached hydrogens (primary N) is 1. The first-order chi connectivity index (χ1) is 5.02. The average Bonchev–Trinajstić information content (AvgIpc) is 1.86. The van der Waals surface area contributed by atoms with E-state index in [0.717, 1.165) is 11.3 Å². The van der Waals surface area contributed by atoms with Gasteiger partial charge in [-0.3, -0.25) is 0 Å². The fraction of sp³-hybridized carbons (Fsp3) is 0.143. The van der Waals surface area contributed by atoms with E-state index in [4.69, 9.17) is 5.73 Å². The molecule has 0 radical (unpaired) electrons. The molecule has 0 amide bonds. The summed E-state index contributed by atoms with van der Waals surface area (Å²) in [7, 11) is 0. The fourth-order valence-electron chi connectivity index (χ4n) is 0.755. The van der Waals surface area contributed by atoms with Gasteiger partial charge in [0.25, 0.3) is 0 Å². The largest absolute Gasteiger partial charge is 0.398 e. The molecule has 4 heteroatoms. The molecule has 0 bridgehead atoms. The van der Waals surface area contributed by atoms with Gasteiger partial charge in [-0.25, -0.2) is 0 Å². The molecule has 1 aromatic carbocycles. The third-order valence-corrected chi connectivity index (χ3v) is 2.55. The minimum atomic E-state index is -0.404. The molecule has 1 nitrogen and oxygen atoms in total. The quantitative estimate of drug-likeness (QED) is 0.565. The topological polar surface area (TPSA) is 26.0 Å². The number of anilines is 1. The predicted molar refractivity (Wildman–Crippen MR) is 59.3 cm³/mol. The molecule has 0 saturated carbocycles. The molecular formula is C7H6Br3N. The van der Waals surface area contributed by atoms with Gasteiger partial charge < -0.3 is 5.73 Å². The van der Waals surface area contributed by atoms with Gasteiger partial charge in [0, 0.05) is 11.3 Å². The second-order valence-electron chi connectivity index (χ2n) is 2.09. The van der Waals surface area contributed by atoms with Gasteiger partial charge in [0.15, 0.2) is 2.14 Å². The van der Waals surface area contributed by atoms with E-state index < -0.39 is 2.14 Å². The molecular weight excluding hydrogens is 338 g/mol. The number of benzene rings is 1. The van der Waals surface area contributed by atoms with Gasteiger partial charge in [-0.2, -0.15) is 0 Å². The summed E-state index contributed by atoms with van der Waals surface area (Å²) in [6, 6.07) is 7.63. The van der Waals surface area contributed by atoms with Crippen LogP contribution in [0.3, 0.4) is 0 Å². The Morgan fingerprint density at radius 2 is 1.64 bits per heavy atom. The fourth-order valence-corrected chi connectivity index (χ4v) is 1.84. The molecule has 0 atom stereocenters. The first-order valence-corrected chi connectivity index (χ1v) is 5.31. The molecule has 0 unspecified atom stereocenters. The summed E-state index contributed by atoms with van der Waals surface area (Å²) in [6.45, 7) is 0. The van der Waals surface area contributed by atoms with Crippen molar-refractivity contribution in [2.24, 2.45) is 0 Å². The Labute approximate surface area is 90.7 Å². The van der Waals surface area contributed by atoms with Crippen LogP contribution in [0, 0.1) is 0 Å². The van der Waals surface area contributed by atoms with Gasteiger partial charge in [-0.05, 0) is 6.07 Å². The summed E-state index contributed by atoms with van der Waals surface area (Å²) in [5.41, 5.74) is 7.44. The zero-order chi connectivity index (χ0) is 8.48. The Bertz CT molecular complexity index is 254. The van der Waals surface area contributed by atoms with Crippen LogP contribution in [0.5, 0.6) is 0 Å². The van der Waals surface area contributed by atoms with Crippen molar-refractivity contribution in [1.29, 1.82) is 0 Å². The van der Waals surface area contributed by atoms with Crippen LogP contribution in [-0.4, -0.2) is 0 Å². The summed E-state index contributed by atoms with van der Waals surface area (Å²) in [4.78, 5) is 0. The molecule has 11 heavy (non-hydrogen) atoms. The SMILES string of the molecule is Nc1ccccc1C(Br)(Br)Br. The molecule has 0 aliphatic rings. The molecule has 0 aliphatic carbocycles. The second kappa shape index (κ2) is 3.46. The summed E-state index contributed by atoms with van der Waals surface area (Å²) < 4.78 is -0.404. The number of halogens is 3. The molecule has 0 aromatic heterocycles. The van der Waals surface area contributed by atoms with Gasteiger partial charge in [-0.1, -0.05) is 66.0 Å². The number of nitrogen functional groups attached to an aromatic ring is 1. The van der Waals surface area contributed by atoms with Crippen molar-refractivity contribution in [3.05, 3.63) is 29.8 Å². The highest BCUT2D eigenvalue weighted by Gasteiger charge is 2.22. The molecule has 0 aliphatic heterocycles. The lowest BCUT2D eigenvalue weighted by molar-refractivity contribution is 1.37. The molecule has 2 N–H and O–H groups in total. The molecule has 0 heterocycles. The Hall–Kier alpha value is 0.460. The number of para-hydroxylation sites is 1. The zero-order valence-corrected chi connectivity index (χ0v) is 10.3. The van der Waals surface area contributed by atoms with Crippen LogP contribution in [0.15, 0.2) is 24.3 Å². The standard InChI is InChI=1S/C7H6Br3N/c8-7(9,10)5-3-1-2-4-6(5)11/h1-4H,11H2. The Morgan fingerprint density at radius 1 is 1.09 bits per heavy atom. The van der Waals surface area contributed by atoms with Crippen molar-refractivity contribution >= 4 is 53.5 Å². The summed E-state index contributed by atoms with van der Waals surface area (Å²) in [6.07, 6.45) is 0. The van der Waals surface area contributed by atoms with Crippen LogP contribution >= 0.6 is 47.8 Å². The van der Waals surface area contributed by atoms with E-state index in [-0.39, 0.29) is 0 Å². The van der Waals surface area contributed by atoms with Crippen molar-refractivity contribution in [3.63, 3.8) is 0 Å². The van der Waals surface area contributed by atoms with Crippen molar-refractivity contribution in [1.82, 2.24) is 0 Å². The monoisotopic (exact) mass is 341 g/mol. The third-order valence-electron chi connectivity index (χ3n) is 1.27. The van der Waals surface area contributed by atoms with Gasteiger partial charge >= 0.3 is 0 Å². The molecule has 1 aromatic rings. The highest BCUT2D eigenvalue weighted by Crippen LogP contribution is 2.46. The minimum absolute atomic E-state index is 0.404. The van der Waals surface area contributed by atoms with Gasteiger partial charge in [-0.15, -0.1) is 0 Å². The number of hydrogen-bond acceptors (Lipinski definition) is 1. The zero-order valence-electron chi connectivity index (χ0n) is 5.52. The normalized spacial score (nSPS) is 11.5. The third kappa shape index (κ3) is 2.46. The summed E-state index contributed by atoms with van der Waals surface area (Å²) >= 11 is 10.2. The molecule has 0 spiro atoms. The van der Waals surface area contributed by atoms with Crippen molar-refractivity contribution in [3.8, 4) is 0 Å². The van der Waals surface area contributed by atoms with E-state index in [2.05, 4.69) is 47.8 Å². The minimum Gasteiger partial charge on any atom is -0.398 e. The first kappa shape index (κ1) is 9.55. The van der Waals surface area contributed by atoms with Crippen LogP contribution in [0.1, 0.15) is 5.56 Å². The molecule has 1 rings (SSSR count). The lowest BCUT2D eigenvalue weighted by Crippen LogP contribution is -2.02. The van der Waals surface area contributed by atoms with Gasteiger partial charge in [0.2, 0.25) is 0 Å². The Kier molecular flexibility index (Phi) is 3.00. The van der Waals surface area contributed by atoms with E-state index in [9.17, 15) is 0 Å². The van der Waals surface area contributed by atoms with E-state index in [1.807, 2.05) is 24.3 Å². The molecule has 0 saturated heterocycles. The maximum absolute atomic E-state index is 5.72. The highest BCUT2D eigenvalue weighted by molar-refractivity contribution is 9.38. The maximum atomic E-state index is 5.72. The Morgan fingerprint density at radius 3 is 2.00 bits per heavy atom. The highest BCUT2D eigenvalue weighted by atomic mass is 80.0. The van der Waals surface area contributed by atoms with E-state index in [1.54, 1.807) is 0 Å². The number of hydrogen-bond donors (Lipinski definition) is 1. The van der Waals surface area contributed by atoms with Crippen LogP contribution < -0.4 is 5.73 Å².